The van der Waals surface area contributed by atoms with Gasteiger partial charge in [0.15, 0.2) is 23.1 Å². The highest BCUT2D eigenvalue weighted by atomic mass is 16.6. The van der Waals surface area contributed by atoms with E-state index in [1.807, 2.05) is 34.6 Å². The Labute approximate surface area is 296 Å². The Morgan fingerprint density at radius 3 is 2.30 bits per heavy atom. The largest absolute Gasteiger partial charge is 0.504 e. The van der Waals surface area contributed by atoms with Gasteiger partial charge in [0.25, 0.3) is 0 Å². The Morgan fingerprint density at radius 1 is 1.10 bits per heavy atom. The van der Waals surface area contributed by atoms with Crippen LogP contribution in [0.5, 0.6) is 0 Å². The number of Topliss-reactive ketones (excluding diaryl/α,β-unsaturated/α-hetero) is 2. The molecule has 12 nitrogen and oxygen atoms in total. The summed E-state index contributed by atoms with van der Waals surface area (Å²) in [7, 11) is 1.56. The van der Waals surface area contributed by atoms with E-state index in [-0.39, 0.29) is 36.5 Å². The molecule has 50 heavy (non-hydrogen) atoms. The van der Waals surface area contributed by atoms with Gasteiger partial charge in [-0.25, -0.2) is 4.79 Å². The number of carbonyl (C=O) groups excluding carboxylic acids is 3. The van der Waals surface area contributed by atoms with Crippen LogP contribution < -0.4 is 0 Å². The molecular formula is C38H60O12. The van der Waals surface area contributed by atoms with Gasteiger partial charge >= 0.3 is 5.97 Å². The maximum Gasteiger partial charge on any atom is 0.351 e. The molecule has 0 aromatic carbocycles. The fourth-order valence-corrected chi connectivity index (χ4v) is 8.91. The molecule has 4 aliphatic heterocycles. The molecular weight excluding hydrogens is 648 g/mol. The van der Waals surface area contributed by atoms with Crippen molar-refractivity contribution in [2.75, 3.05) is 7.11 Å². The zero-order valence-electron chi connectivity index (χ0n) is 31.3. The van der Waals surface area contributed by atoms with Crippen LogP contribution in [0.4, 0.5) is 0 Å². The van der Waals surface area contributed by atoms with Crippen LogP contribution in [0.1, 0.15) is 107 Å². The molecule has 4 rings (SSSR count). The third kappa shape index (κ3) is 7.36. The normalized spacial score (nSPS) is 38.7. The quantitative estimate of drug-likeness (QED) is 0.149. The fraction of sp³-hybridized carbons (Fsp3) is 0.816. The minimum atomic E-state index is -1.90. The van der Waals surface area contributed by atoms with Crippen molar-refractivity contribution in [1.82, 2.24) is 0 Å². The standard InChI is InChI=1S/C38H60O12/c1-11-25(31(40)21(5)33-20(4)17-19(3)27(49-33)18-26(39)30-32(41)22(6)47-35(30)43)34(42)36(9,44)28-13-15-37(12-2,50-28)29-14-16-38(45,23(7)46-10)24(8)48-29/h19-21,23-25,27-29,31,33,40-41,44-45H,6,11-18H2,1-5,7-10H3/t19-,20-,21-,23-,24+,25-,27-,28+,29-,31-,33+,36+,37+,38+/m0/s1. The van der Waals surface area contributed by atoms with Crippen molar-refractivity contribution in [3.8, 4) is 0 Å². The Bertz CT molecular complexity index is 1320. The van der Waals surface area contributed by atoms with Crippen molar-refractivity contribution in [1.29, 1.82) is 0 Å². The van der Waals surface area contributed by atoms with E-state index < -0.39 is 94.1 Å². The van der Waals surface area contributed by atoms with Crippen LogP contribution in [0.25, 0.3) is 0 Å². The predicted molar refractivity (Wildman–Crippen MR) is 183 cm³/mol. The molecule has 0 bridgehead atoms. The van der Waals surface area contributed by atoms with Crippen LogP contribution in [0.2, 0.25) is 0 Å². The third-order valence-electron chi connectivity index (χ3n) is 12.6. The lowest BCUT2D eigenvalue weighted by Gasteiger charge is -2.49. The smallest absolute Gasteiger partial charge is 0.351 e. The maximum atomic E-state index is 14.2. The summed E-state index contributed by atoms with van der Waals surface area (Å²) in [6.45, 7) is 18.1. The van der Waals surface area contributed by atoms with Gasteiger partial charge in [-0.05, 0) is 77.6 Å². The van der Waals surface area contributed by atoms with Gasteiger partial charge < -0.3 is 44.1 Å². The van der Waals surface area contributed by atoms with Gasteiger partial charge in [0.2, 0.25) is 0 Å². The van der Waals surface area contributed by atoms with E-state index in [9.17, 15) is 34.8 Å². The second-order valence-corrected chi connectivity index (χ2v) is 15.6. The van der Waals surface area contributed by atoms with Crippen LogP contribution in [-0.4, -0.2) is 105 Å². The molecule has 3 fully saturated rings. The average Bonchev–Trinajstić information content (AvgIpc) is 3.63. The van der Waals surface area contributed by atoms with Gasteiger partial charge in [-0.2, -0.15) is 0 Å². The van der Waals surface area contributed by atoms with E-state index >= 15 is 0 Å². The molecule has 0 saturated carbocycles. The highest BCUT2D eigenvalue weighted by molar-refractivity contribution is 6.20. The molecule has 4 N–H and O–H groups in total. The van der Waals surface area contributed by atoms with Gasteiger partial charge in [0, 0.05) is 25.4 Å². The Balaban J connectivity index is 1.45. The lowest BCUT2D eigenvalue weighted by Crippen LogP contribution is -2.60. The van der Waals surface area contributed by atoms with Crippen molar-refractivity contribution in [3.63, 3.8) is 0 Å². The minimum absolute atomic E-state index is 0.0243. The van der Waals surface area contributed by atoms with Crippen molar-refractivity contribution in [3.05, 3.63) is 23.7 Å². The number of aliphatic hydroxyl groups excluding tert-OH is 2. The van der Waals surface area contributed by atoms with Crippen LogP contribution in [0, 0.1) is 23.7 Å². The molecule has 4 heterocycles. The van der Waals surface area contributed by atoms with Crippen LogP contribution in [0.3, 0.4) is 0 Å². The first-order valence-corrected chi connectivity index (χ1v) is 18.4. The average molecular weight is 709 g/mol. The van der Waals surface area contributed by atoms with E-state index in [0.717, 1.165) is 0 Å². The monoisotopic (exact) mass is 708 g/mol. The molecule has 14 atom stereocenters. The molecule has 284 valence electrons. The second kappa shape index (κ2) is 15.4. The molecule has 0 radical (unpaired) electrons. The maximum absolute atomic E-state index is 14.2. The van der Waals surface area contributed by atoms with E-state index in [2.05, 4.69) is 6.58 Å². The van der Waals surface area contributed by atoms with Crippen LogP contribution in [0.15, 0.2) is 23.7 Å². The lowest BCUT2D eigenvalue weighted by molar-refractivity contribution is -0.255. The first-order valence-electron chi connectivity index (χ1n) is 18.4. The Morgan fingerprint density at radius 2 is 1.76 bits per heavy atom. The van der Waals surface area contributed by atoms with Gasteiger partial charge in [0.1, 0.15) is 16.8 Å². The first-order chi connectivity index (χ1) is 23.3. The molecule has 12 heteroatoms. The van der Waals surface area contributed by atoms with Crippen LogP contribution >= 0.6 is 0 Å². The van der Waals surface area contributed by atoms with E-state index in [0.29, 0.717) is 38.5 Å². The number of rotatable bonds is 14. The number of ether oxygens (including phenoxy) is 5. The van der Waals surface area contributed by atoms with Gasteiger partial charge in [-0.3, -0.25) is 9.59 Å². The highest BCUT2D eigenvalue weighted by Gasteiger charge is 2.57. The highest BCUT2D eigenvalue weighted by Crippen LogP contribution is 2.47. The molecule has 0 amide bonds. The summed E-state index contributed by atoms with van der Waals surface area (Å²) in [5, 5.41) is 45.0. The molecule has 0 unspecified atom stereocenters. The minimum Gasteiger partial charge on any atom is -0.504 e. The fourth-order valence-electron chi connectivity index (χ4n) is 8.91. The summed E-state index contributed by atoms with van der Waals surface area (Å²) >= 11 is 0. The molecule has 0 spiro atoms. The summed E-state index contributed by atoms with van der Waals surface area (Å²) in [6.07, 6.45) is -1.08. The summed E-state index contributed by atoms with van der Waals surface area (Å²) in [5.74, 6) is -4.47. The number of carbonyl (C=O) groups is 3. The van der Waals surface area contributed by atoms with E-state index in [1.54, 1.807) is 21.0 Å². The summed E-state index contributed by atoms with van der Waals surface area (Å²) in [6, 6.07) is 0. The van der Waals surface area contributed by atoms with Crippen molar-refractivity contribution in [2.24, 2.45) is 23.7 Å². The Hall–Kier alpha value is -2.19. The number of esters is 1. The number of hydrogen-bond donors (Lipinski definition) is 4. The zero-order valence-corrected chi connectivity index (χ0v) is 31.3. The number of methoxy groups -OCH3 is 1. The zero-order chi connectivity index (χ0) is 37.5. The summed E-state index contributed by atoms with van der Waals surface area (Å²) < 4.78 is 29.7. The molecule has 3 saturated heterocycles. The molecule has 0 aromatic heterocycles. The summed E-state index contributed by atoms with van der Waals surface area (Å²) in [5.41, 5.74) is -4.24. The van der Waals surface area contributed by atoms with Crippen molar-refractivity contribution in [2.45, 2.75) is 166 Å². The SMILES string of the molecule is C=C1OC(=O)C(C(=O)C[C@@H]2O[C@@H]([C@@H](C)[C@H](O)[C@H](CC)C(=O)[C@](C)(O)[C@H]3CC[C@](CC)([C@@H]4CC[C@@](O)([C@H](C)OC)[C@@H](C)O4)O3)[C@@H](C)C[C@@H]2C)=C1O. The second-order valence-electron chi connectivity index (χ2n) is 15.6. The molecule has 0 aromatic rings. The van der Waals surface area contributed by atoms with Crippen molar-refractivity contribution < 1.29 is 58.5 Å². The number of ketones is 2. The van der Waals surface area contributed by atoms with Gasteiger partial charge in [-0.1, -0.05) is 41.2 Å². The number of aliphatic hydroxyl groups is 4. The molecule has 0 aliphatic carbocycles. The number of cyclic esters (lactones) is 1. The van der Waals surface area contributed by atoms with Gasteiger partial charge in [0.05, 0.1) is 48.3 Å². The third-order valence-corrected chi connectivity index (χ3v) is 12.6. The van der Waals surface area contributed by atoms with Crippen LogP contribution in [-0.2, 0) is 38.1 Å². The van der Waals surface area contributed by atoms with Gasteiger partial charge in [-0.15, -0.1) is 0 Å². The predicted octanol–water partition coefficient (Wildman–Crippen LogP) is 4.26. The molecule has 4 aliphatic rings. The van der Waals surface area contributed by atoms with Crippen molar-refractivity contribution >= 4 is 17.5 Å². The van der Waals surface area contributed by atoms with E-state index in [1.165, 1.54) is 6.92 Å². The topological polar surface area (TPSA) is 178 Å². The Kier molecular flexibility index (Phi) is 12.5. The lowest BCUT2D eigenvalue weighted by atomic mass is 9.73. The first kappa shape index (κ1) is 40.6. The van der Waals surface area contributed by atoms with E-state index in [4.69, 9.17) is 23.7 Å². The summed E-state index contributed by atoms with van der Waals surface area (Å²) in [4.78, 5) is 39.4. The number of hydrogen-bond acceptors (Lipinski definition) is 12.